The van der Waals surface area contributed by atoms with Crippen LogP contribution in [0.15, 0.2) is 47.4 Å². The number of esters is 1. The second-order valence-corrected chi connectivity index (χ2v) is 12.4. The number of aryl methyl sites for hydroxylation is 1. The molecule has 8 nitrogen and oxygen atoms in total. The van der Waals surface area contributed by atoms with Gasteiger partial charge in [0, 0.05) is 18.0 Å². The quantitative estimate of drug-likeness (QED) is 0.396. The molecule has 1 aromatic heterocycles. The van der Waals surface area contributed by atoms with Crippen molar-refractivity contribution in [1.82, 2.24) is 4.90 Å². The number of rotatable bonds is 7. The van der Waals surface area contributed by atoms with Crippen molar-refractivity contribution in [3.63, 3.8) is 0 Å². The number of fused-ring (bicyclic) bond motifs is 1. The predicted octanol–water partition coefficient (Wildman–Crippen LogP) is 4.97. The summed E-state index contributed by atoms with van der Waals surface area (Å²) < 4.78 is 33.2. The molecule has 0 unspecified atom stereocenters. The fourth-order valence-electron chi connectivity index (χ4n) is 4.03. The smallest absolute Gasteiger partial charge is 0.341 e. The average Bonchev–Trinajstić information content (AvgIpc) is 3.20. The molecule has 1 aliphatic rings. The minimum absolute atomic E-state index is 0.0156. The molecule has 0 atom stereocenters. The van der Waals surface area contributed by atoms with Crippen LogP contribution in [0.1, 0.15) is 26.4 Å². The predicted molar refractivity (Wildman–Crippen MR) is 146 cm³/mol. The molecule has 0 aliphatic carbocycles. The van der Waals surface area contributed by atoms with Crippen molar-refractivity contribution >= 4 is 67.1 Å². The third-order valence-electron chi connectivity index (χ3n) is 5.98. The monoisotopic (exact) mass is 581 g/mol. The van der Waals surface area contributed by atoms with E-state index in [4.69, 9.17) is 27.9 Å². The van der Waals surface area contributed by atoms with Gasteiger partial charge in [0.2, 0.25) is 5.91 Å². The second-order valence-electron chi connectivity index (χ2n) is 8.66. The van der Waals surface area contributed by atoms with Gasteiger partial charge in [-0.1, -0.05) is 40.9 Å². The molecule has 1 N–H and O–H groups in total. The maximum Gasteiger partial charge on any atom is 0.341 e. The first kappa shape index (κ1) is 27.4. The van der Waals surface area contributed by atoms with Crippen LogP contribution < -0.4 is 9.62 Å². The summed E-state index contributed by atoms with van der Waals surface area (Å²) in [7, 11) is -0.892. The van der Waals surface area contributed by atoms with Gasteiger partial charge in [0.1, 0.15) is 11.5 Å². The fourth-order valence-corrected chi connectivity index (χ4v) is 7.06. The van der Waals surface area contributed by atoms with Gasteiger partial charge in [-0.25, -0.2) is 13.2 Å². The average molecular weight is 583 g/mol. The molecule has 0 saturated carbocycles. The molecule has 2 heterocycles. The molecule has 37 heavy (non-hydrogen) atoms. The van der Waals surface area contributed by atoms with Crippen molar-refractivity contribution in [2.45, 2.75) is 24.8 Å². The van der Waals surface area contributed by atoms with E-state index in [1.807, 2.05) is 14.0 Å². The summed E-state index contributed by atoms with van der Waals surface area (Å²) in [6.07, 6.45) is 0.639. The number of nitrogens with zero attached hydrogens (tertiary/aromatic N) is 2. The summed E-state index contributed by atoms with van der Waals surface area (Å²) in [5, 5.41) is 3.48. The number of halogens is 2. The Morgan fingerprint density at radius 3 is 2.49 bits per heavy atom. The van der Waals surface area contributed by atoms with E-state index in [9.17, 15) is 18.0 Å². The Hall–Kier alpha value is -2.63. The van der Waals surface area contributed by atoms with Gasteiger partial charge in [-0.3, -0.25) is 9.10 Å². The number of hydrogen-bond donors (Lipinski definition) is 1. The van der Waals surface area contributed by atoms with Gasteiger partial charge >= 0.3 is 5.97 Å². The summed E-state index contributed by atoms with van der Waals surface area (Å²) >= 11 is 13.5. The Kier molecular flexibility index (Phi) is 8.15. The number of carbonyl (C=O) groups is 2. The van der Waals surface area contributed by atoms with Crippen molar-refractivity contribution in [1.29, 1.82) is 0 Å². The minimum Gasteiger partial charge on any atom is -0.465 e. The number of nitrogens with one attached hydrogen (secondary N) is 1. The van der Waals surface area contributed by atoms with Crippen LogP contribution in [0.25, 0.3) is 0 Å². The van der Waals surface area contributed by atoms with E-state index in [1.165, 1.54) is 48.8 Å². The zero-order chi connectivity index (χ0) is 26.9. The lowest BCUT2D eigenvalue weighted by molar-refractivity contribution is -0.114. The maximum absolute atomic E-state index is 13.6. The molecule has 0 fully saturated rings. The van der Waals surface area contributed by atoms with Gasteiger partial charge in [0.05, 0.1) is 33.3 Å². The molecule has 4 rings (SSSR count). The lowest BCUT2D eigenvalue weighted by Gasteiger charge is -2.24. The van der Waals surface area contributed by atoms with Crippen molar-refractivity contribution < 1.29 is 22.7 Å². The molecule has 0 saturated heterocycles. The molecule has 0 radical (unpaired) electrons. The zero-order valence-corrected chi connectivity index (χ0v) is 23.5. The Balaban J connectivity index is 1.70. The van der Waals surface area contributed by atoms with Crippen LogP contribution in [0.5, 0.6) is 0 Å². The second kappa shape index (κ2) is 11.0. The van der Waals surface area contributed by atoms with Crippen molar-refractivity contribution in [3.8, 4) is 0 Å². The number of thiophene rings is 1. The Morgan fingerprint density at radius 2 is 1.84 bits per heavy atom. The Bertz CT molecular complexity index is 1460. The van der Waals surface area contributed by atoms with Crippen LogP contribution in [-0.2, 0) is 32.5 Å². The van der Waals surface area contributed by atoms with Crippen LogP contribution in [0.4, 0.5) is 10.7 Å². The number of hydrogen-bond acceptors (Lipinski definition) is 7. The highest BCUT2D eigenvalue weighted by Gasteiger charge is 2.31. The number of anilines is 2. The number of benzene rings is 2. The van der Waals surface area contributed by atoms with Crippen LogP contribution in [0.2, 0.25) is 10.0 Å². The van der Waals surface area contributed by atoms with Crippen molar-refractivity contribution in [2.24, 2.45) is 0 Å². The van der Waals surface area contributed by atoms with E-state index in [-0.39, 0.29) is 20.6 Å². The summed E-state index contributed by atoms with van der Waals surface area (Å²) in [5.41, 5.74) is 2.22. The van der Waals surface area contributed by atoms with E-state index in [1.54, 1.807) is 12.1 Å². The molecule has 3 aromatic rings. The molecule has 0 bridgehead atoms. The van der Waals surface area contributed by atoms with E-state index >= 15 is 0 Å². The van der Waals surface area contributed by atoms with E-state index in [0.717, 1.165) is 26.9 Å². The van der Waals surface area contributed by atoms with Gasteiger partial charge in [-0.2, -0.15) is 0 Å². The normalized spacial score (nSPS) is 13.6. The van der Waals surface area contributed by atoms with Gasteiger partial charge in [0.15, 0.2) is 0 Å². The summed E-state index contributed by atoms with van der Waals surface area (Å²) in [5.74, 6) is -1.18. The van der Waals surface area contributed by atoms with Crippen molar-refractivity contribution in [2.75, 3.05) is 36.9 Å². The standard InChI is InChI=1S/C25H25Cl2N3O5S2/c1-15-4-7-17(8-5-15)37(33,34)30(16-6-9-19(26)20(27)12-16)14-22(31)28-24-23(25(32)35-3)18-10-11-29(2)13-21(18)36-24/h4-9,12H,10-11,13-14H2,1-3H3,(H,28,31). The molecule has 196 valence electrons. The number of ether oxygens (including phenoxy) is 1. The van der Waals surface area contributed by atoms with E-state index in [2.05, 4.69) is 10.2 Å². The highest BCUT2D eigenvalue weighted by Crippen LogP contribution is 2.37. The highest BCUT2D eigenvalue weighted by atomic mass is 35.5. The van der Waals surface area contributed by atoms with Gasteiger partial charge in [0.25, 0.3) is 10.0 Å². The van der Waals surface area contributed by atoms with Gasteiger partial charge in [-0.15, -0.1) is 11.3 Å². The fraction of sp³-hybridized carbons (Fsp3) is 0.280. The number of likely N-dealkylation sites (N-methyl/N-ethyl adjacent to an activating group) is 1. The van der Waals surface area contributed by atoms with Crippen LogP contribution >= 0.6 is 34.5 Å². The van der Waals surface area contributed by atoms with Gasteiger partial charge in [-0.05, 0) is 56.3 Å². The zero-order valence-electron chi connectivity index (χ0n) is 20.4. The first-order chi connectivity index (χ1) is 17.5. The third-order valence-corrected chi connectivity index (χ3v) is 9.64. The number of sulfonamides is 1. The Morgan fingerprint density at radius 1 is 1.14 bits per heavy atom. The molecule has 2 aromatic carbocycles. The number of amides is 1. The lowest BCUT2D eigenvalue weighted by Crippen LogP contribution is -2.38. The largest absolute Gasteiger partial charge is 0.465 e. The highest BCUT2D eigenvalue weighted by molar-refractivity contribution is 7.92. The third kappa shape index (κ3) is 5.78. The molecular weight excluding hydrogens is 557 g/mol. The minimum atomic E-state index is -4.15. The number of methoxy groups -OCH3 is 1. The molecule has 1 aliphatic heterocycles. The molecular formula is C25H25Cl2N3O5S2. The SMILES string of the molecule is COC(=O)c1c(NC(=O)CN(c2ccc(Cl)c(Cl)c2)S(=O)(=O)c2ccc(C)cc2)sc2c1CCN(C)C2. The summed E-state index contributed by atoms with van der Waals surface area (Å²) in [6, 6.07) is 10.6. The van der Waals surface area contributed by atoms with Crippen LogP contribution in [0.3, 0.4) is 0 Å². The first-order valence-corrected chi connectivity index (χ1v) is 14.3. The molecule has 1 amide bonds. The first-order valence-electron chi connectivity index (χ1n) is 11.3. The van der Waals surface area contributed by atoms with E-state index in [0.29, 0.717) is 23.5 Å². The maximum atomic E-state index is 13.6. The molecule has 12 heteroatoms. The Labute approximate surface area is 229 Å². The summed E-state index contributed by atoms with van der Waals surface area (Å²) in [4.78, 5) is 29.0. The topological polar surface area (TPSA) is 96.0 Å². The van der Waals surface area contributed by atoms with Crippen molar-refractivity contribution in [3.05, 3.63) is 74.1 Å². The lowest BCUT2D eigenvalue weighted by atomic mass is 10.0. The summed E-state index contributed by atoms with van der Waals surface area (Å²) in [6.45, 7) is 2.69. The van der Waals surface area contributed by atoms with Crippen LogP contribution in [0, 0.1) is 6.92 Å². The number of carbonyl (C=O) groups excluding carboxylic acids is 2. The van der Waals surface area contributed by atoms with Gasteiger partial charge < -0.3 is 15.0 Å². The molecule has 0 spiro atoms. The van der Waals surface area contributed by atoms with Crippen LogP contribution in [-0.4, -0.2) is 52.4 Å². The van der Waals surface area contributed by atoms with E-state index < -0.39 is 28.4 Å².